The van der Waals surface area contributed by atoms with Gasteiger partial charge in [0.2, 0.25) is 0 Å². The van der Waals surface area contributed by atoms with Crippen LogP contribution in [0.5, 0.6) is 11.5 Å². The lowest BCUT2D eigenvalue weighted by Crippen LogP contribution is -2.46. The summed E-state index contributed by atoms with van der Waals surface area (Å²) in [6, 6.07) is 5.44. The Bertz CT molecular complexity index is 589. The van der Waals surface area contributed by atoms with E-state index in [0.29, 0.717) is 30.2 Å². The summed E-state index contributed by atoms with van der Waals surface area (Å²) in [5.74, 6) is 1.09. The van der Waals surface area contributed by atoms with Gasteiger partial charge in [-0.3, -0.25) is 4.79 Å². The summed E-state index contributed by atoms with van der Waals surface area (Å²) in [7, 11) is 1.58. The van der Waals surface area contributed by atoms with Crippen LogP contribution in [-0.2, 0) is 4.74 Å². The third-order valence-electron chi connectivity index (χ3n) is 5.17. The summed E-state index contributed by atoms with van der Waals surface area (Å²) in [6.07, 6.45) is 4.79. The van der Waals surface area contributed by atoms with Gasteiger partial charge < -0.3 is 24.8 Å². The number of nitrogens with two attached hydrogens (primary N) is 1. The Labute approximate surface area is 149 Å². The number of piperidine rings is 1. The van der Waals surface area contributed by atoms with Gasteiger partial charge in [-0.1, -0.05) is 6.07 Å². The SMILES string of the molecule is COc1cccc(C(=O)N2CCC3(CCCO3)CC2)c1OCCCN. The second kappa shape index (κ2) is 8.06. The number of carbonyl (C=O) groups excluding carboxylic acids is 1. The van der Waals surface area contributed by atoms with Crippen LogP contribution in [0, 0.1) is 0 Å². The zero-order chi connectivity index (χ0) is 17.7. The number of likely N-dealkylation sites (tertiary alicyclic amines) is 1. The summed E-state index contributed by atoms with van der Waals surface area (Å²) in [6.45, 7) is 3.31. The van der Waals surface area contributed by atoms with Crippen LogP contribution in [0.1, 0.15) is 42.5 Å². The number of nitrogens with zero attached hydrogens (tertiary/aromatic N) is 1. The second-order valence-corrected chi connectivity index (χ2v) is 6.75. The molecule has 0 radical (unpaired) electrons. The predicted molar refractivity (Wildman–Crippen MR) is 95.2 cm³/mol. The predicted octanol–water partition coefficient (Wildman–Crippen LogP) is 2.21. The molecule has 25 heavy (non-hydrogen) atoms. The first-order valence-electron chi connectivity index (χ1n) is 9.12. The lowest BCUT2D eigenvalue weighted by Gasteiger charge is -2.38. The highest BCUT2D eigenvalue weighted by molar-refractivity contribution is 5.98. The number of amides is 1. The first kappa shape index (κ1) is 18.0. The van der Waals surface area contributed by atoms with Gasteiger partial charge in [0.15, 0.2) is 11.5 Å². The number of hydrogen-bond donors (Lipinski definition) is 1. The molecule has 1 aromatic carbocycles. The van der Waals surface area contributed by atoms with Crippen LogP contribution in [0.15, 0.2) is 18.2 Å². The van der Waals surface area contributed by atoms with E-state index in [1.807, 2.05) is 17.0 Å². The molecule has 2 saturated heterocycles. The maximum absolute atomic E-state index is 13.0. The minimum atomic E-state index is -0.00510. The van der Waals surface area contributed by atoms with Crippen LogP contribution < -0.4 is 15.2 Å². The van der Waals surface area contributed by atoms with Crippen LogP contribution in [0.4, 0.5) is 0 Å². The lowest BCUT2D eigenvalue weighted by molar-refractivity contribution is -0.0387. The fraction of sp³-hybridized carbons (Fsp3) is 0.632. The van der Waals surface area contributed by atoms with E-state index in [1.54, 1.807) is 13.2 Å². The quantitative estimate of drug-likeness (QED) is 0.798. The molecule has 0 saturated carbocycles. The Balaban J connectivity index is 1.73. The van der Waals surface area contributed by atoms with Crippen LogP contribution in [0.25, 0.3) is 0 Å². The van der Waals surface area contributed by atoms with Gasteiger partial charge in [-0.15, -0.1) is 0 Å². The Hall–Kier alpha value is -1.79. The molecule has 138 valence electrons. The van der Waals surface area contributed by atoms with Gasteiger partial charge in [0, 0.05) is 19.7 Å². The van der Waals surface area contributed by atoms with Gasteiger partial charge in [0.25, 0.3) is 5.91 Å². The topological polar surface area (TPSA) is 74.0 Å². The van der Waals surface area contributed by atoms with Gasteiger partial charge in [0.05, 0.1) is 24.9 Å². The summed E-state index contributed by atoms with van der Waals surface area (Å²) in [5.41, 5.74) is 6.10. The molecule has 2 heterocycles. The molecular formula is C19H28N2O4. The van der Waals surface area contributed by atoms with E-state index in [0.717, 1.165) is 51.8 Å². The van der Waals surface area contributed by atoms with E-state index < -0.39 is 0 Å². The Morgan fingerprint density at radius 2 is 2.12 bits per heavy atom. The molecular weight excluding hydrogens is 320 g/mol. The molecule has 3 rings (SSSR count). The van der Waals surface area contributed by atoms with Crippen LogP contribution in [-0.4, -0.2) is 56.4 Å². The number of para-hydroxylation sites is 1. The van der Waals surface area contributed by atoms with Crippen molar-refractivity contribution < 1.29 is 19.0 Å². The molecule has 6 nitrogen and oxygen atoms in total. The highest BCUT2D eigenvalue weighted by atomic mass is 16.5. The molecule has 0 aromatic heterocycles. The standard InChI is InChI=1S/C19H28N2O4/c1-23-16-6-2-5-15(17(16)24-13-4-10-20)18(22)21-11-8-19(9-12-21)7-3-14-25-19/h2,5-6H,3-4,7-14,20H2,1H3. The summed E-state index contributed by atoms with van der Waals surface area (Å²) >= 11 is 0. The molecule has 1 amide bonds. The number of methoxy groups -OCH3 is 1. The maximum Gasteiger partial charge on any atom is 0.257 e. The normalized spacial score (nSPS) is 19.2. The Morgan fingerprint density at radius 1 is 1.32 bits per heavy atom. The monoisotopic (exact) mass is 348 g/mol. The number of ether oxygens (including phenoxy) is 3. The largest absolute Gasteiger partial charge is 0.493 e. The molecule has 1 aromatic rings. The summed E-state index contributed by atoms with van der Waals surface area (Å²) in [4.78, 5) is 14.9. The van der Waals surface area contributed by atoms with Crippen molar-refractivity contribution in [3.05, 3.63) is 23.8 Å². The first-order valence-corrected chi connectivity index (χ1v) is 9.12. The number of carbonyl (C=O) groups is 1. The molecule has 0 unspecified atom stereocenters. The highest BCUT2D eigenvalue weighted by Gasteiger charge is 2.39. The van der Waals surface area contributed by atoms with Crippen LogP contribution in [0.2, 0.25) is 0 Å². The number of benzene rings is 1. The Kier molecular flexibility index (Phi) is 5.81. The van der Waals surface area contributed by atoms with Crippen LogP contribution >= 0.6 is 0 Å². The van der Waals surface area contributed by atoms with Gasteiger partial charge in [0.1, 0.15) is 0 Å². The van der Waals surface area contributed by atoms with Crippen molar-refractivity contribution in [3.63, 3.8) is 0 Å². The van der Waals surface area contributed by atoms with E-state index in [2.05, 4.69) is 0 Å². The van der Waals surface area contributed by atoms with Crippen molar-refractivity contribution in [1.29, 1.82) is 0 Å². The van der Waals surface area contributed by atoms with Gasteiger partial charge in [-0.25, -0.2) is 0 Å². The van der Waals surface area contributed by atoms with E-state index in [4.69, 9.17) is 19.9 Å². The third-order valence-corrected chi connectivity index (χ3v) is 5.17. The summed E-state index contributed by atoms with van der Waals surface area (Å²) in [5, 5.41) is 0. The van der Waals surface area contributed by atoms with E-state index in [1.165, 1.54) is 0 Å². The average molecular weight is 348 g/mol. The molecule has 2 fully saturated rings. The molecule has 2 N–H and O–H groups in total. The molecule has 2 aliphatic heterocycles. The lowest BCUT2D eigenvalue weighted by atomic mass is 9.88. The molecule has 0 aliphatic carbocycles. The van der Waals surface area contributed by atoms with Crippen molar-refractivity contribution in [3.8, 4) is 11.5 Å². The van der Waals surface area contributed by atoms with Crippen LogP contribution in [0.3, 0.4) is 0 Å². The van der Waals surface area contributed by atoms with E-state index in [9.17, 15) is 4.79 Å². The van der Waals surface area contributed by atoms with Crippen molar-refractivity contribution >= 4 is 5.91 Å². The molecule has 0 bridgehead atoms. The highest BCUT2D eigenvalue weighted by Crippen LogP contribution is 2.37. The third kappa shape index (κ3) is 3.90. The van der Waals surface area contributed by atoms with E-state index in [-0.39, 0.29) is 11.5 Å². The molecule has 2 aliphatic rings. The zero-order valence-electron chi connectivity index (χ0n) is 15.0. The zero-order valence-corrected chi connectivity index (χ0v) is 15.0. The molecule has 6 heteroatoms. The molecule has 0 atom stereocenters. The Morgan fingerprint density at radius 3 is 2.76 bits per heavy atom. The number of hydrogen-bond acceptors (Lipinski definition) is 5. The first-order chi connectivity index (χ1) is 12.2. The van der Waals surface area contributed by atoms with Crippen molar-refractivity contribution in [2.75, 3.05) is 40.0 Å². The van der Waals surface area contributed by atoms with Gasteiger partial charge in [-0.05, 0) is 50.8 Å². The smallest absolute Gasteiger partial charge is 0.257 e. The fourth-order valence-electron chi connectivity index (χ4n) is 3.69. The molecule has 1 spiro atoms. The maximum atomic E-state index is 13.0. The average Bonchev–Trinajstić information content (AvgIpc) is 3.10. The minimum absolute atomic E-state index is 0.00510. The van der Waals surface area contributed by atoms with Crippen molar-refractivity contribution in [1.82, 2.24) is 4.90 Å². The van der Waals surface area contributed by atoms with Gasteiger partial charge >= 0.3 is 0 Å². The fourth-order valence-corrected chi connectivity index (χ4v) is 3.69. The van der Waals surface area contributed by atoms with Crippen molar-refractivity contribution in [2.45, 2.75) is 37.7 Å². The van der Waals surface area contributed by atoms with Crippen molar-refractivity contribution in [2.24, 2.45) is 5.73 Å². The minimum Gasteiger partial charge on any atom is -0.493 e. The summed E-state index contributed by atoms with van der Waals surface area (Å²) < 4.78 is 17.2. The van der Waals surface area contributed by atoms with Gasteiger partial charge in [-0.2, -0.15) is 0 Å². The number of rotatable bonds is 6. The second-order valence-electron chi connectivity index (χ2n) is 6.75. The van der Waals surface area contributed by atoms with E-state index >= 15 is 0 Å².